The Labute approximate surface area is 117 Å². The van der Waals surface area contributed by atoms with Crippen molar-refractivity contribution in [2.75, 3.05) is 13.1 Å². The first-order chi connectivity index (χ1) is 9.32. The third kappa shape index (κ3) is 3.67. The van der Waals surface area contributed by atoms with Crippen LogP contribution in [0, 0.1) is 12.7 Å². The molecule has 20 heavy (non-hydrogen) atoms. The molecule has 0 radical (unpaired) electrons. The zero-order chi connectivity index (χ0) is 15.3. The fourth-order valence-corrected chi connectivity index (χ4v) is 3.48. The molecule has 1 aromatic carbocycles. The summed E-state index contributed by atoms with van der Waals surface area (Å²) in [5, 5.41) is 11.3. The number of aryl methyl sites for hydroxylation is 1. The van der Waals surface area contributed by atoms with Crippen LogP contribution in [0.5, 0.6) is 0 Å². The van der Waals surface area contributed by atoms with Gasteiger partial charge in [0.2, 0.25) is 10.0 Å². The minimum absolute atomic E-state index is 0.114. The molecule has 0 saturated heterocycles. The van der Waals surface area contributed by atoms with Crippen LogP contribution >= 0.6 is 0 Å². The van der Waals surface area contributed by atoms with Gasteiger partial charge in [0.15, 0.2) is 5.84 Å². The van der Waals surface area contributed by atoms with Gasteiger partial charge in [0.05, 0.1) is 11.4 Å². The smallest absolute Gasteiger partial charge is 0.243 e. The molecule has 8 heteroatoms. The van der Waals surface area contributed by atoms with Crippen molar-refractivity contribution >= 4 is 15.9 Å². The highest BCUT2D eigenvalue weighted by Gasteiger charge is 2.26. The van der Waals surface area contributed by atoms with Gasteiger partial charge in [-0.3, -0.25) is 0 Å². The van der Waals surface area contributed by atoms with Gasteiger partial charge in [-0.2, -0.15) is 4.31 Å². The molecule has 0 aliphatic carbocycles. The summed E-state index contributed by atoms with van der Waals surface area (Å²) in [5.41, 5.74) is 5.80. The van der Waals surface area contributed by atoms with E-state index < -0.39 is 15.8 Å². The second kappa shape index (κ2) is 6.67. The number of hydrogen-bond acceptors (Lipinski definition) is 4. The number of hydrogen-bond donors (Lipinski definition) is 2. The van der Waals surface area contributed by atoms with Crippen LogP contribution < -0.4 is 5.73 Å². The van der Waals surface area contributed by atoms with Crippen molar-refractivity contribution in [1.82, 2.24) is 4.31 Å². The van der Waals surface area contributed by atoms with Crippen LogP contribution in [0.4, 0.5) is 4.39 Å². The Balaban J connectivity index is 3.25. The zero-order valence-electron chi connectivity index (χ0n) is 11.4. The third-order valence-corrected chi connectivity index (χ3v) is 4.69. The average molecular weight is 303 g/mol. The Morgan fingerprint density at radius 3 is 2.70 bits per heavy atom. The molecule has 1 aromatic rings. The van der Waals surface area contributed by atoms with Crippen LogP contribution in [0.1, 0.15) is 18.9 Å². The molecule has 0 amide bonds. The van der Waals surface area contributed by atoms with Gasteiger partial charge in [-0.25, -0.2) is 12.8 Å². The standard InChI is InChI=1S/C12H18FN3O3S/c1-3-6-16(8-12(14)15-17)20(18,19)11-7-10(13)5-4-9(11)2/h4-5,7,17H,3,6,8H2,1-2H3,(H2,14,15). The maximum atomic E-state index is 13.3. The summed E-state index contributed by atoms with van der Waals surface area (Å²) in [6, 6.07) is 3.57. The van der Waals surface area contributed by atoms with Gasteiger partial charge in [-0.15, -0.1) is 0 Å². The van der Waals surface area contributed by atoms with Crippen molar-refractivity contribution in [3.8, 4) is 0 Å². The Hall–Kier alpha value is -1.67. The summed E-state index contributed by atoms with van der Waals surface area (Å²) >= 11 is 0. The lowest BCUT2D eigenvalue weighted by molar-refractivity contribution is 0.314. The topological polar surface area (TPSA) is 96.0 Å². The molecular formula is C12H18FN3O3S. The molecule has 0 fully saturated rings. The lowest BCUT2D eigenvalue weighted by atomic mass is 10.2. The maximum absolute atomic E-state index is 13.3. The summed E-state index contributed by atoms with van der Waals surface area (Å²) in [7, 11) is -3.90. The minimum atomic E-state index is -3.90. The van der Waals surface area contributed by atoms with E-state index in [2.05, 4.69) is 5.16 Å². The van der Waals surface area contributed by atoms with E-state index in [0.29, 0.717) is 12.0 Å². The molecule has 1 rings (SSSR count). The number of halogens is 1. The molecule has 0 unspecified atom stereocenters. The van der Waals surface area contributed by atoms with Gasteiger partial charge in [0.1, 0.15) is 5.82 Å². The van der Waals surface area contributed by atoms with Gasteiger partial charge >= 0.3 is 0 Å². The molecule has 0 saturated carbocycles. The van der Waals surface area contributed by atoms with Gasteiger partial charge in [-0.1, -0.05) is 18.1 Å². The Kier molecular flexibility index (Phi) is 5.46. The Morgan fingerprint density at radius 2 is 2.15 bits per heavy atom. The number of benzene rings is 1. The molecule has 0 aromatic heterocycles. The molecule has 0 aliphatic heterocycles. The molecule has 0 bridgehead atoms. The molecule has 0 atom stereocenters. The average Bonchev–Trinajstić information content (AvgIpc) is 2.40. The number of sulfonamides is 1. The first-order valence-electron chi connectivity index (χ1n) is 6.05. The van der Waals surface area contributed by atoms with E-state index >= 15 is 0 Å². The maximum Gasteiger partial charge on any atom is 0.243 e. The SMILES string of the molecule is CCCN(CC(N)=NO)S(=O)(=O)c1cc(F)ccc1C. The molecule has 0 aliphatic rings. The Bertz CT molecular complexity index is 602. The molecule has 6 nitrogen and oxygen atoms in total. The van der Waals surface area contributed by atoms with Gasteiger partial charge in [-0.05, 0) is 31.0 Å². The van der Waals surface area contributed by atoms with E-state index in [4.69, 9.17) is 10.9 Å². The largest absolute Gasteiger partial charge is 0.409 e. The summed E-state index contributed by atoms with van der Waals surface area (Å²) < 4.78 is 39.4. The quantitative estimate of drug-likeness (QED) is 0.358. The summed E-state index contributed by atoms with van der Waals surface area (Å²) in [6.07, 6.45) is 0.548. The monoisotopic (exact) mass is 303 g/mol. The zero-order valence-corrected chi connectivity index (χ0v) is 12.2. The van der Waals surface area contributed by atoms with E-state index in [-0.39, 0.29) is 23.8 Å². The number of rotatable bonds is 6. The van der Waals surface area contributed by atoms with Crippen molar-refractivity contribution in [3.05, 3.63) is 29.6 Å². The summed E-state index contributed by atoms with van der Waals surface area (Å²) in [5.74, 6) is -0.856. The van der Waals surface area contributed by atoms with Crippen molar-refractivity contribution in [3.63, 3.8) is 0 Å². The second-order valence-electron chi connectivity index (χ2n) is 4.34. The van der Waals surface area contributed by atoms with Crippen LogP contribution in [0.15, 0.2) is 28.3 Å². The van der Waals surface area contributed by atoms with E-state index in [1.165, 1.54) is 12.1 Å². The molecule has 112 valence electrons. The number of oxime groups is 1. The van der Waals surface area contributed by atoms with Crippen molar-refractivity contribution in [2.24, 2.45) is 10.9 Å². The highest BCUT2D eigenvalue weighted by molar-refractivity contribution is 7.89. The van der Waals surface area contributed by atoms with Crippen molar-refractivity contribution in [2.45, 2.75) is 25.2 Å². The lowest BCUT2D eigenvalue weighted by Gasteiger charge is -2.21. The normalized spacial score (nSPS) is 12.9. The Morgan fingerprint density at radius 1 is 1.50 bits per heavy atom. The number of nitrogens with two attached hydrogens (primary N) is 1. The van der Waals surface area contributed by atoms with Crippen molar-refractivity contribution in [1.29, 1.82) is 0 Å². The van der Waals surface area contributed by atoms with E-state index in [0.717, 1.165) is 10.4 Å². The van der Waals surface area contributed by atoms with Crippen molar-refractivity contribution < 1.29 is 18.0 Å². The van der Waals surface area contributed by atoms with Crippen LogP contribution in [0.3, 0.4) is 0 Å². The number of nitrogens with zero attached hydrogens (tertiary/aromatic N) is 2. The fraction of sp³-hybridized carbons (Fsp3) is 0.417. The molecule has 0 heterocycles. The van der Waals surface area contributed by atoms with E-state index in [1.54, 1.807) is 13.8 Å². The summed E-state index contributed by atoms with van der Waals surface area (Å²) in [6.45, 7) is 3.32. The van der Waals surface area contributed by atoms with E-state index in [1.807, 2.05) is 0 Å². The van der Waals surface area contributed by atoms with Crippen LogP contribution in [0.2, 0.25) is 0 Å². The summed E-state index contributed by atoms with van der Waals surface area (Å²) in [4.78, 5) is -0.114. The predicted octanol–water partition coefficient (Wildman–Crippen LogP) is 1.28. The highest BCUT2D eigenvalue weighted by Crippen LogP contribution is 2.21. The molecular weight excluding hydrogens is 285 g/mol. The van der Waals surface area contributed by atoms with Crippen LogP contribution in [-0.2, 0) is 10.0 Å². The highest BCUT2D eigenvalue weighted by atomic mass is 32.2. The van der Waals surface area contributed by atoms with Gasteiger partial charge in [0, 0.05) is 6.54 Å². The second-order valence-corrected chi connectivity index (χ2v) is 6.25. The van der Waals surface area contributed by atoms with Gasteiger partial charge in [0.25, 0.3) is 0 Å². The third-order valence-electron chi connectivity index (χ3n) is 2.71. The fourth-order valence-electron chi connectivity index (χ4n) is 1.74. The number of amidine groups is 1. The lowest BCUT2D eigenvalue weighted by Crippen LogP contribution is -2.39. The first-order valence-corrected chi connectivity index (χ1v) is 7.49. The van der Waals surface area contributed by atoms with Crippen LogP contribution in [0.25, 0.3) is 0 Å². The van der Waals surface area contributed by atoms with Crippen LogP contribution in [-0.4, -0.2) is 36.9 Å². The predicted molar refractivity (Wildman–Crippen MR) is 73.6 cm³/mol. The molecule has 0 spiro atoms. The van der Waals surface area contributed by atoms with Gasteiger partial charge < -0.3 is 10.9 Å². The minimum Gasteiger partial charge on any atom is -0.409 e. The van der Waals surface area contributed by atoms with E-state index in [9.17, 15) is 12.8 Å². The first kappa shape index (κ1) is 16.4. The molecule has 3 N–H and O–H groups in total.